The fraction of sp³-hybridized carbons (Fsp3) is 0.400. The second-order valence-electron chi connectivity index (χ2n) is 4.52. The van der Waals surface area contributed by atoms with Crippen LogP contribution in [0.5, 0.6) is 5.75 Å². The second kappa shape index (κ2) is 6.19. The molecule has 1 heterocycles. The normalized spacial score (nSPS) is 12.6. The quantitative estimate of drug-likeness (QED) is 0.766. The van der Waals surface area contributed by atoms with Crippen molar-refractivity contribution in [3.05, 3.63) is 36.0 Å². The van der Waals surface area contributed by atoms with Crippen molar-refractivity contribution in [2.45, 2.75) is 20.3 Å². The summed E-state index contributed by atoms with van der Waals surface area (Å²) in [4.78, 5) is 4.57. The molecule has 0 aliphatic carbocycles. The lowest BCUT2D eigenvalue weighted by Crippen LogP contribution is -2.12. The van der Waals surface area contributed by atoms with Gasteiger partial charge >= 0.3 is 0 Å². The van der Waals surface area contributed by atoms with Crippen molar-refractivity contribution in [3.63, 3.8) is 0 Å². The number of halogens is 1. The van der Waals surface area contributed by atoms with E-state index in [0.29, 0.717) is 5.92 Å². The van der Waals surface area contributed by atoms with Crippen LogP contribution in [0.4, 0.5) is 0 Å². The summed E-state index contributed by atoms with van der Waals surface area (Å²) in [5.41, 5.74) is 1.98. The Morgan fingerprint density at radius 1 is 1.28 bits per heavy atom. The predicted molar refractivity (Wildman–Crippen MR) is 79.6 cm³/mol. The van der Waals surface area contributed by atoms with Gasteiger partial charge in [-0.1, -0.05) is 41.1 Å². The molecule has 1 aromatic carbocycles. The van der Waals surface area contributed by atoms with Crippen molar-refractivity contribution >= 4 is 26.8 Å². The van der Waals surface area contributed by atoms with Crippen LogP contribution in [0.25, 0.3) is 10.9 Å². The minimum absolute atomic E-state index is 0.546. The minimum atomic E-state index is 0.546. The molecule has 1 unspecified atom stereocenters. The molecule has 1 atom stereocenters. The lowest BCUT2D eigenvalue weighted by molar-refractivity contribution is 0.262. The Morgan fingerprint density at radius 3 is 2.83 bits per heavy atom. The Balaban J connectivity index is 2.24. The fourth-order valence-electron chi connectivity index (χ4n) is 1.81. The number of ether oxygens (including phenoxy) is 1. The highest BCUT2D eigenvalue weighted by atomic mass is 79.9. The van der Waals surface area contributed by atoms with Gasteiger partial charge in [0.15, 0.2) is 0 Å². The highest BCUT2D eigenvalue weighted by Crippen LogP contribution is 2.24. The van der Waals surface area contributed by atoms with E-state index >= 15 is 0 Å². The Labute approximate surface area is 117 Å². The molecule has 2 aromatic rings. The van der Waals surface area contributed by atoms with E-state index in [1.54, 1.807) is 0 Å². The Morgan fingerprint density at radius 2 is 2.11 bits per heavy atom. The molecule has 2 rings (SSSR count). The van der Waals surface area contributed by atoms with Gasteiger partial charge in [0.2, 0.25) is 0 Å². The molecule has 0 amide bonds. The number of benzene rings is 1. The maximum atomic E-state index is 5.93. The van der Waals surface area contributed by atoms with Gasteiger partial charge in [0.05, 0.1) is 6.61 Å². The summed E-state index contributed by atoms with van der Waals surface area (Å²) in [5, 5.41) is 2.10. The summed E-state index contributed by atoms with van der Waals surface area (Å²) in [6.45, 7) is 4.92. The topological polar surface area (TPSA) is 22.1 Å². The molecule has 18 heavy (non-hydrogen) atoms. The van der Waals surface area contributed by atoms with Crippen LogP contribution in [0.3, 0.4) is 0 Å². The third kappa shape index (κ3) is 3.02. The molecule has 0 N–H and O–H groups in total. The zero-order chi connectivity index (χ0) is 13.0. The Kier molecular flexibility index (Phi) is 4.59. The van der Waals surface area contributed by atoms with Gasteiger partial charge in [-0.15, -0.1) is 0 Å². The number of para-hydroxylation sites is 1. The number of alkyl halides is 1. The summed E-state index contributed by atoms with van der Waals surface area (Å²) in [6.07, 6.45) is 1.11. The summed E-state index contributed by atoms with van der Waals surface area (Å²) >= 11 is 3.52. The number of rotatable bonds is 5. The number of nitrogens with zero attached hydrogens (tertiary/aromatic N) is 1. The van der Waals surface area contributed by atoms with Gasteiger partial charge in [-0.2, -0.15) is 0 Å². The van der Waals surface area contributed by atoms with Gasteiger partial charge in [0.1, 0.15) is 11.3 Å². The smallest absolute Gasteiger partial charge is 0.145 e. The molecule has 0 radical (unpaired) electrons. The average Bonchev–Trinajstić information content (AvgIpc) is 2.40. The third-order valence-corrected chi connectivity index (χ3v) is 4.01. The minimum Gasteiger partial charge on any atom is -0.491 e. The molecule has 0 spiro atoms. The number of hydrogen-bond acceptors (Lipinski definition) is 2. The molecule has 0 bridgehead atoms. The van der Waals surface area contributed by atoms with E-state index in [-0.39, 0.29) is 0 Å². The highest BCUT2D eigenvalue weighted by Gasteiger charge is 2.08. The van der Waals surface area contributed by atoms with Crippen molar-refractivity contribution < 1.29 is 4.74 Å². The van der Waals surface area contributed by atoms with Crippen molar-refractivity contribution in [2.24, 2.45) is 5.92 Å². The summed E-state index contributed by atoms with van der Waals surface area (Å²) in [5.74, 6) is 1.43. The van der Waals surface area contributed by atoms with Gasteiger partial charge in [-0.25, -0.2) is 4.98 Å². The van der Waals surface area contributed by atoms with Crippen LogP contribution in [0.15, 0.2) is 30.3 Å². The molecule has 96 valence electrons. The van der Waals surface area contributed by atoms with Crippen LogP contribution in [0.2, 0.25) is 0 Å². The first-order chi connectivity index (χ1) is 8.74. The summed E-state index contributed by atoms with van der Waals surface area (Å²) in [7, 11) is 0. The predicted octanol–water partition coefficient (Wildman–Crippen LogP) is 4.34. The SMILES string of the molecule is CCC(CBr)COc1cccc2ccc(C)nc12. The highest BCUT2D eigenvalue weighted by molar-refractivity contribution is 9.09. The van der Waals surface area contributed by atoms with Crippen molar-refractivity contribution in [2.75, 3.05) is 11.9 Å². The van der Waals surface area contributed by atoms with Gasteiger partial charge in [-0.05, 0) is 25.5 Å². The van der Waals surface area contributed by atoms with Gasteiger partial charge in [0.25, 0.3) is 0 Å². The molecule has 0 saturated carbocycles. The van der Waals surface area contributed by atoms with Crippen LogP contribution in [0.1, 0.15) is 19.0 Å². The van der Waals surface area contributed by atoms with Crippen LogP contribution >= 0.6 is 15.9 Å². The van der Waals surface area contributed by atoms with E-state index in [9.17, 15) is 0 Å². The number of fused-ring (bicyclic) bond motifs is 1. The molecule has 0 aliphatic rings. The van der Waals surface area contributed by atoms with Crippen LogP contribution in [-0.2, 0) is 0 Å². The molecule has 1 aromatic heterocycles. The standard InChI is InChI=1S/C15H18BrNO/c1-3-12(9-16)10-18-14-6-4-5-13-8-7-11(2)17-15(13)14/h4-8,12H,3,9-10H2,1-2H3. The number of aromatic nitrogens is 1. The number of hydrogen-bond donors (Lipinski definition) is 0. The fourth-order valence-corrected chi connectivity index (χ4v) is 2.46. The van der Waals surface area contributed by atoms with Crippen molar-refractivity contribution in [1.82, 2.24) is 4.98 Å². The average molecular weight is 308 g/mol. The van der Waals surface area contributed by atoms with Gasteiger partial charge < -0.3 is 4.74 Å². The first-order valence-corrected chi connectivity index (χ1v) is 7.42. The zero-order valence-electron chi connectivity index (χ0n) is 10.8. The third-order valence-electron chi connectivity index (χ3n) is 3.09. The van der Waals surface area contributed by atoms with Crippen molar-refractivity contribution in [3.8, 4) is 5.75 Å². The molecule has 3 heteroatoms. The van der Waals surface area contributed by atoms with Gasteiger partial charge in [0, 0.05) is 22.3 Å². The first-order valence-electron chi connectivity index (χ1n) is 6.29. The van der Waals surface area contributed by atoms with E-state index in [4.69, 9.17) is 4.74 Å². The maximum absolute atomic E-state index is 5.93. The maximum Gasteiger partial charge on any atom is 0.145 e. The van der Waals surface area contributed by atoms with E-state index in [1.165, 1.54) is 0 Å². The summed E-state index contributed by atoms with van der Waals surface area (Å²) in [6, 6.07) is 10.2. The zero-order valence-corrected chi connectivity index (χ0v) is 12.4. The lowest BCUT2D eigenvalue weighted by Gasteiger charge is -2.14. The molecule has 0 aliphatic heterocycles. The van der Waals surface area contributed by atoms with Crippen LogP contribution < -0.4 is 4.74 Å². The first kappa shape index (κ1) is 13.3. The molecule has 0 fully saturated rings. The molecular formula is C15H18BrNO. The molecule has 0 saturated heterocycles. The lowest BCUT2D eigenvalue weighted by atomic mass is 10.1. The van der Waals surface area contributed by atoms with E-state index in [0.717, 1.165) is 40.7 Å². The van der Waals surface area contributed by atoms with E-state index in [1.807, 2.05) is 25.1 Å². The monoisotopic (exact) mass is 307 g/mol. The van der Waals surface area contributed by atoms with E-state index < -0.39 is 0 Å². The summed E-state index contributed by atoms with van der Waals surface area (Å²) < 4.78 is 5.93. The second-order valence-corrected chi connectivity index (χ2v) is 5.17. The molecule has 2 nitrogen and oxygen atoms in total. The Hall–Kier alpha value is -1.09. The van der Waals surface area contributed by atoms with E-state index in [2.05, 4.69) is 40.0 Å². The largest absolute Gasteiger partial charge is 0.491 e. The Bertz CT molecular complexity index is 523. The van der Waals surface area contributed by atoms with Crippen LogP contribution in [0, 0.1) is 12.8 Å². The number of pyridine rings is 1. The van der Waals surface area contributed by atoms with Gasteiger partial charge in [-0.3, -0.25) is 0 Å². The number of aryl methyl sites for hydroxylation is 1. The van der Waals surface area contributed by atoms with Crippen LogP contribution in [-0.4, -0.2) is 16.9 Å². The van der Waals surface area contributed by atoms with Crippen molar-refractivity contribution in [1.29, 1.82) is 0 Å². The molecular weight excluding hydrogens is 290 g/mol.